The second kappa shape index (κ2) is 7.61. The standard InChI is InChI=1S/C14H16N2O4S4/c1-20-10-4-2-9(3-5-10)6-21-13-15-16-14(23-13)22-12-8-24(18,19)7-11(12)17/h2-5,11-12,17H,6-8H2,1H3/t11-,12+/m0/s1. The van der Waals surface area contributed by atoms with Crippen LogP contribution in [-0.4, -0.2) is 53.7 Å². The highest BCUT2D eigenvalue weighted by atomic mass is 32.2. The maximum atomic E-state index is 11.5. The number of rotatable bonds is 6. The lowest BCUT2D eigenvalue weighted by Gasteiger charge is -2.08. The maximum absolute atomic E-state index is 11.5. The Morgan fingerprint density at radius 2 is 1.96 bits per heavy atom. The first kappa shape index (κ1) is 18.0. The summed E-state index contributed by atoms with van der Waals surface area (Å²) in [6.45, 7) is 0. The van der Waals surface area contributed by atoms with Gasteiger partial charge >= 0.3 is 0 Å². The van der Waals surface area contributed by atoms with Crippen LogP contribution in [0.1, 0.15) is 5.56 Å². The van der Waals surface area contributed by atoms with E-state index in [1.165, 1.54) is 23.1 Å². The van der Waals surface area contributed by atoms with Crippen LogP contribution in [-0.2, 0) is 15.6 Å². The molecule has 1 saturated heterocycles. The fourth-order valence-electron chi connectivity index (χ4n) is 2.21. The molecule has 0 aliphatic carbocycles. The smallest absolute Gasteiger partial charge is 0.175 e. The molecule has 0 spiro atoms. The zero-order valence-corrected chi connectivity index (χ0v) is 16.1. The van der Waals surface area contributed by atoms with Crippen molar-refractivity contribution in [3.05, 3.63) is 29.8 Å². The van der Waals surface area contributed by atoms with Crippen molar-refractivity contribution >= 4 is 44.7 Å². The molecule has 0 bridgehead atoms. The van der Waals surface area contributed by atoms with Gasteiger partial charge in [0.15, 0.2) is 18.5 Å². The summed E-state index contributed by atoms with van der Waals surface area (Å²) in [5.41, 5.74) is 1.16. The first-order valence-corrected chi connectivity index (χ1v) is 11.6. The Morgan fingerprint density at radius 1 is 1.25 bits per heavy atom. The molecule has 3 rings (SSSR count). The van der Waals surface area contributed by atoms with Gasteiger partial charge in [0.2, 0.25) is 0 Å². The van der Waals surface area contributed by atoms with Gasteiger partial charge in [0.05, 0.1) is 30.0 Å². The van der Waals surface area contributed by atoms with E-state index in [0.29, 0.717) is 4.34 Å². The Bertz CT molecular complexity index is 791. The molecule has 1 aromatic heterocycles. The van der Waals surface area contributed by atoms with Crippen LogP contribution >= 0.6 is 34.9 Å². The van der Waals surface area contributed by atoms with E-state index in [2.05, 4.69) is 10.2 Å². The number of benzene rings is 1. The quantitative estimate of drug-likeness (QED) is 0.732. The molecule has 2 aromatic rings. The van der Waals surface area contributed by atoms with Gasteiger partial charge in [0, 0.05) is 5.75 Å². The van der Waals surface area contributed by atoms with Crippen LogP contribution < -0.4 is 4.74 Å². The monoisotopic (exact) mass is 404 g/mol. The van der Waals surface area contributed by atoms with Crippen molar-refractivity contribution in [2.45, 2.75) is 25.8 Å². The average Bonchev–Trinajstić information content (AvgIpc) is 3.09. The van der Waals surface area contributed by atoms with Gasteiger partial charge < -0.3 is 9.84 Å². The second-order valence-electron chi connectivity index (χ2n) is 5.27. The van der Waals surface area contributed by atoms with E-state index in [0.717, 1.165) is 21.4 Å². The largest absolute Gasteiger partial charge is 0.497 e. The zero-order chi connectivity index (χ0) is 17.2. The number of sulfone groups is 1. The highest BCUT2D eigenvalue weighted by Gasteiger charge is 2.37. The van der Waals surface area contributed by atoms with Crippen LogP contribution in [0.25, 0.3) is 0 Å². The minimum Gasteiger partial charge on any atom is -0.497 e. The molecule has 0 unspecified atom stereocenters. The van der Waals surface area contributed by atoms with Crippen molar-refractivity contribution in [1.29, 1.82) is 0 Å². The molecule has 10 heteroatoms. The number of nitrogens with zero attached hydrogens (tertiary/aromatic N) is 2. The molecule has 1 fully saturated rings. The lowest BCUT2D eigenvalue weighted by atomic mass is 10.2. The molecule has 2 atom stereocenters. The summed E-state index contributed by atoms with van der Waals surface area (Å²) in [6.07, 6.45) is -0.834. The molecular formula is C14H16N2O4S4. The predicted molar refractivity (Wildman–Crippen MR) is 96.8 cm³/mol. The number of aromatic nitrogens is 2. The molecule has 6 nitrogen and oxygen atoms in total. The van der Waals surface area contributed by atoms with E-state index in [-0.39, 0.29) is 16.8 Å². The molecular weight excluding hydrogens is 388 g/mol. The summed E-state index contributed by atoms with van der Waals surface area (Å²) in [5.74, 6) is 1.42. The second-order valence-corrected chi connectivity index (χ2v) is 11.1. The van der Waals surface area contributed by atoms with E-state index < -0.39 is 15.9 Å². The highest BCUT2D eigenvalue weighted by Crippen LogP contribution is 2.36. The summed E-state index contributed by atoms with van der Waals surface area (Å²) in [7, 11) is -1.50. The number of aliphatic hydroxyl groups is 1. The number of thioether (sulfide) groups is 2. The summed E-state index contributed by atoms with van der Waals surface area (Å²) >= 11 is 4.29. The van der Waals surface area contributed by atoms with Crippen molar-refractivity contribution in [2.75, 3.05) is 18.6 Å². The van der Waals surface area contributed by atoms with Gasteiger partial charge in [-0.2, -0.15) is 0 Å². The third-order valence-corrected chi connectivity index (χ3v) is 8.89. The van der Waals surface area contributed by atoms with Crippen LogP contribution in [0, 0.1) is 0 Å². The first-order valence-electron chi connectivity index (χ1n) is 7.09. The SMILES string of the molecule is COc1ccc(CSc2nnc(S[C@@H]3CS(=O)(=O)C[C@@H]3O)s2)cc1. The molecule has 1 N–H and O–H groups in total. The van der Waals surface area contributed by atoms with Gasteiger partial charge in [0.1, 0.15) is 5.75 Å². The highest BCUT2D eigenvalue weighted by molar-refractivity contribution is 8.04. The summed E-state index contributed by atoms with van der Waals surface area (Å²) in [6, 6.07) is 7.84. The van der Waals surface area contributed by atoms with E-state index in [1.54, 1.807) is 18.9 Å². The van der Waals surface area contributed by atoms with E-state index in [4.69, 9.17) is 4.74 Å². The Hall–Kier alpha value is -0.810. The van der Waals surface area contributed by atoms with Gasteiger partial charge in [-0.05, 0) is 17.7 Å². The van der Waals surface area contributed by atoms with Gasteiger partial charge in [-0.15, -0.1) is 10.2 Å². The van der Waals surface area contributed by atoms with Crippen molar-refractivity contribution in [3.8, 4) is 5.75 Å². The summed E-state index contributed by atoms with van der Waals surface area (Å²) in [4.78, 5) is 0. The first-order chi connectivity index (χ1) is 11.4. The average molecular weight is 405 g/mol. The van der Waals surface area contributed by atoms with Crippen LogP contribution in [0.2, 0.25) is 0 Å². The Morgan fingerprint density at radius 3 is 2.58 bits per heavy atom. The minimum atomic E-state index is -3.14. The lowest BCUT2D eigenvalue weighted by molar-refractivity contribution is 0.207. The van der Waals surface area contributed by atoms with Gasteiger partial charge in [0.25, 0.3) is 0 Å². The molecule has 0 amide bonds. The number of hydrogen-bond donors (Lipinski definition) is 1. The van der Waals surface area contributed by atoms with Crippen molar-refractivity contribution < 1.29 is 18.3 Å². The van der Waals surface area contributed by atoms with Crippen molar-refractivity contribution in [3.63, 3.8) is 0 Å². The lowest BCUT2D eigenvalue weighted by Crippen LogP contribution is -2.19. The van der Waals surface area contributed by atoms with Crippen LogP contribution in [0.4, 0.5) is 0 Å². The molecule has 1 aromatic carbocycles. The summed E-state index contributed by atoms with van der Waals surface area (Å²) < 4.78 is 29.7. The van der Waals surface area contributed by atoms with Gasteiger partial charge in [-0.25, -0.2) is 8.42 Å². The summed E-state index contributed by atoms with van der Waals surface area (Å²) in [5, 5.41) is 17.7. The number of aliphatic hydroxyl groups excluding tert-OH is 1. The molecule has 1 aliphatic heterocycles. The van der Waals surface area contributed by atoms with E-state index in [9.17, 15) is 13.5 Å². The van der Waals surface area contributed by atoms with Gasteiger partial charge in [-0.3, -0.25) is 0 Å². The Kier molecular flexibility index (Phi) is 5.70. The van der Waals surface area contributed by atoms with E-state index >= 15 is 0 Å². The topological polar surface area (TPSA) is 89.4 Å². The zero-order valence-electron chi connectivity index (χ0n) is 12.8. The Balaban J connectivity index is 1.55. The molecule has 0 saturated carbocycles. The Labute approximate surface area is 152 Å². The maximum Gasteiger partial charge on any atom is 0.175 e. The van der Waals surface area contributed by atoms with E-state index in [1.807, 2.05) is 24.3 Å². The van der Waals surface area contributed by atoms with Gasteiger partial charge in [-0.1, -0.05) is 47.0 Å². The molecule has 130 valence electrons. The van der Waals surface area contributed by atoms with Crippen LogP contribution in [0.3, 0.4) is 0 Å². The normalized spacial score (nSPS) is 22.6. The third kappa shape index (κ3) is 4.63. The van der Waals surface area contributed by atoms with Crippen LogP contribution in [0.5, 0.6) is 5.75 Å². The van der Waals surface area contributed by atoms with Crippen molar-refractivity contribution in [1.82, 2.24) is 10.2 Å². The molecule has 1 aliphatic rings. The number of hydrogen-bond acceptors (Lipinski definition) is 9. The fourth-order valence-corrected chi connectivity index (χ4v) is 7.94. The predicted octanol–water partition coefficient (Wildman–Crippen LogP) is 2.09. The van der Waals surface area contributed by atoms with Crippen LogP contribution in [0.15, 0.2) is 32.9 Å². The minimum absolute atomic E-state index is 0.00720. The molecule has 0 radical (unpaired) electrons. The number of ether oxygens (including phenoxy) is 1. The molecule has 2 heterocycles. The number of methoxy groups -OCH3 is 1. The third-order valence-electron chi connectivity index (χ3n) is 3.43. The molecule has 24 heavy (non-hydrogen) atoms. The fraction of sp³-hybridized carbons (Fsp3) is 0.429. The van der Waals surface area contributed by atoms with Crippen molar-refractivity contribution in [2.24, 2.45) is 0 Å².